The van der Waals surface area contributed by atoms with Gasteiger partial charge in [-0.15, -0.1) is 0 Å². The molecule has 0 amide bonds. The summed E-state index contributed by atoms with van der Waals surface area (Å²) >= 11 is 0. The molecular weight excluding hydrogens is 873 g/mol. The van der Waals surface area contributed by atoms with Crippen molar-refractivity contribution in [3.05, 3.63) is 275 Å². The highest BCUT2D eigenvalue weighted by Gasteiger charge is 2.52. The van der Waals surface area contributed by atoms with Crippen molar-refractivity contribution < 1.29 is 0 Å². The molecule has 0 radical (unpaired) electrons. The number of hydrogen-bond donors (Lipinski definition) is 0. The molecule has 0 aliphatic heterocycles. The first kappa shape index (κ1) is 41.8. The second-order valence-corrected chi connectivity index (χ2v) is 19.4. The Morgan fingerprint density at radius 3 is 1.47 bits per heavy atom. The van der Waals surface area contributed by atoms with Crippen LogP contribution in [0.2, 0.25) is 0 Å². The number of benzene rings is 10. The van der Waals surface area contributed by atoms with Crippen LogP contribution in [0.4, 0.5) is 5.69 Å². The average molecular weight is 919 g/mol. The third-order valence-electron chi connectivity index (χ3n) is 15.3. The summed E-state index contributed by atoms with van der Waals surface area (Å²) in [6.45, 7) is 4.27. The lowest BCUT2D eigenvalue weighted by atomic mass is 9.70. The molecule has 11 aromatic rings. The number of aryl methyl sites for hydroxylation is 1. The van der Waals surface area contributed by atoms with Crippen molar-refractivity contribution in [1.82, 2.24) is 15.0 Å². The van der Waals surface area contributed by atoms with Crippen LogP contribution in [0.15, 0.2) is 236 Å². The van der Waals surface area contributed by atoms with Crippen molar-refractivity contribution in [2.75, 3.05) is 0 Å². The first-order valence-electron chi connectivity index (χ1n) is 24.8. The highest BCUT2D eigenvalue weighted by atomic mass is 15.0. The van der Waals surface area contributed by atoms with Gasteiger partial charge in [0.2, 0.25) is 0 Å². The third kappa shape index (κ3) is 6.60. The van der Waals surface area contributed by atoms with Crippen LogP contribution in [0.5, 0.6) is 0 Å². The van der Waals surface area contributed by atoms with Crippen molar-refractivity contribution in [2.45, 2.75) is 25.7 Å². The maximum Gasteiger partial charge on any atom is 0.164 e. The van der Waals surface area contributed by atoms with E-state index in [0.717, 1.165) is 62.3 Å². The Hall–Kier alpha value is -9.12. The summed E-state index contributed by atoms with van der Waals surface area (Å²) in [5.74, 6) is 1.92. The van der Waals surface area contributed by atoms with Crippen LogP contribution in [0, 0.1) is 6.92 Å². The Morgan fingerprint density at radius 2 is 0.833 bits per heavy atom. The molecule has 0 N–H and O–H groups in total. The number of aliphatic imine (C=N–C) groups is 1. The zero-order valence-electron chi connectivity index (χ0n) is 39.9. The van der Waals surface area contributed by atoms with E-state index in [4.69, 9.17) is 19.9 Å². The summed E-state index contributed by atoms with van der Waals surface area (Å²) in [5, 5.41) is 0. The van der Waals surface area contributed by atoms with E-state index >= 15 is 0 Å². The molecule has 14 rings (SSSR count). The van der Waals surface area contributed by atoms with Gasteiger partial charge in [0.05, 0.1) is 11.1 Å². The Balaban J connectivity index is 0.974. The van der Waals surface area contributed by atoms with Crippen LogP contribution in [0.25, 0.3) is 89.8 Å². The molecule has 0 saturated carbocycles. The van der Waals surface area contributed by atoms with Crippen LogP contribution in [-0.2, 0) is 11.8 Å². The normalized spacial score (nSPS) is 14.6. The minimum absolute atomic E-state index is 0.614. The van der Waals surface area contributed by atoms with E-state index in [2.05, 4.69) is 208 Å². The lowest BCUT2D eigenvalue weighted by Gasteiger charge is -2.31. The van der Waals surface area contributed by atoms with Gasteiger partial charge >= 0.3 is 0 Å². The lowest BCUT2D eigenvalue weighted by Crippen LogP contribution is -2.26. The zero-order chi connectivity index (χ0) is 47.9. The average Bonchev–Trinajstić information content (AvgIpc) is 4.08. The second kappa shape index (κ2) is 16.5. The number of fused-ring (bicyclic) bond motifs is 13. The molecule has 3 aliphatic carbocycles. The van der Waals surface area contributed by atoms with Crippen LogP contribution in [0.1, 0.15) is 51.4 Å². The van der Waals surface area contributed by atoms with Gasteiger partial charge in [-0.05, 0) is 163 Å². The van der Waals surface area contributed by atoms with Crippen molar-refractivity contribution in [1.29, 1.82) is 0 Å². The summed E-state index contributed by atoms with van der Waals surface area (Å²) < 4.78 is 0. The van der Waals surface area contributed by atoms with E-state index in [9.17, 15) is 0 Å². The first-order valence-corrected chi connectivity index (χ1v) is 24.8. The van der Waals surface area contributed by atoms with Gasteiger partial charge in [-0.3, -0.25) is 4.99 Å². The summed E-state index contributed by atoms with van der Waals surface area (Å²) in [7, 11) is 0. The van der Waals surface area contributed by atoms with Crippen molar-refractivity contribution in [3.8, 4) is 89.8 Å². The maximum absolute atomic E-state index is 5.26. The summed E-state index contributed by atoms with van der Waals surface area (Å²) in [6.07, 6.45) is 0.964. The van der Waals surface area contributed by atoms with Gasteiger partial charge in [-0.1, -0.05) is 188 Å². The fourth-order valence-electron chi connectivity index (χ4n) is 11.8. The Morgan fingerprint density at radius 1 is 0.361 bits per heavy atom. The standard InChI is InChI=1S/C68H46N4/c1-42-17-9-16-28-64(42)69-43(2)51-36-52(46-29-30-49-35-48-22-10-11-23-54(48)59(49)39-46)38-53(37-51)47-31-33-57-55-24-12-14-26-60(55)68(62(57)40-47)61-27-15-13-25-56(61)58-34-32-50(41-63(58)68)67-71-65(44-18-5-3-6-19-44)70-66(72-67)45-20-7-4-8-21-45/h3-34,36-41H,35H2,1-2H3. The molecule has 1 aromatic heterocycles. The first-order chi connectivity index (χ1) is 35.5. The molecule has 72 heavy (non-hydrogen) atoms. The minimum atomic E-state index is -0.614. The molecule has 1 atom stereocenters. The van der Waals surface area contributed by atoms with E-state index in [-0.39, 0.29) is 0 Å². The van der Waals surface area contributed by atoms with Crippen LogP contribution < -0.4 is 0 Å². The van der Waals surface area contributed by atoms with Crippen molar-refractivity contribution in [3.63, 3.8) is 0 Å². The molecular formula is C68H46N4. The van der Waals surface area contributed by atoms with Crippen LogP contribution in [0.3, 0.4) is 0 Å². The van der Waals surface area contributed by atoms with Crippen LogP contribution >= 0.6 is 0 Å². The van der Waals surface area contributed by atoms with E-state index < -0.39 is 5.41 Å². The topological polar surface area (TPSA) is 51.0 Å². The summed E-state index contributed by atoms with van der Waals surface area (Å²) in [6, 6.07) is 83.7. The maximum atomic E-state index is 5.26. The van der Waals surface area contributed by atoms with Gasteiger partial charge in [0.25, 0.3) is 0 Å². The van der Waals surface area contributed by atoms with Crippen LogP contribution in [-0.4, -0.2) is 20.7 Å². The Labute approximate surface area is 419 Å². The van der Waals surface area contributed by atoms with E-state index in [1.807, 2.05) is 36.4 Å². The molecule has 3 aliphatic rings. The SMILES string of the molecule is CC(=Nc1ccccc1C)c1cc(-c2ccc3c(c2)-c2ccccc2C3)cc(-c2ccc3c(c2)C2(c4ccccc4-3)c3ccccc3-c3ccc(-c4nc(-c5ccccc5)nc(-c5ccccc5)n4)cc32)c1. The molecule has 0 fully saturated rings. The molecule has 1 spiro atoms. The largest absolute Gasteiger partial charge is 0.253 e. The molecule has 1 unspecified atom stereocenters. The number of rotatable bonds is 7. The molecule has 338 valence electrons. The van der Waals surface area contributed by atoms with Crippen molar-refractivity contribution in [2.24, 2.45) is 4.99 Å². The highest BCUT2D eigenvalue weighted by Crippen LogP contribution is 2.63. The molecule has 4 nitrogen and oxygen atoms in total. The highest BCUT2D eigenvalue weighted by molar-refractivity contribution is 6.03. The van der Waals surface area contributed by atoms with Gasteiger partial charge in [0.15, 0.2) is 17.5 Å². The van der Waals surface area contributed by atoms with E-state index in [1.165, 1.54) is 72.3 Å². The van der Waals surface area contributed by atoms with Gasteiger partial charge in [0, 0.05) is 22.4 Å². The second-order valence-electron chi connectivity index (χ2n) is 19.4. The fraction of sp³-hybridized carbons (Fsp3) is 0.0588. The Kier molecular flexibility index (Phi) is 9.59. The smallest absolute Gasteiger partial charge is 0.164 e. The van der Waals surface area contributed by atoms with E-state index in [1.54, 1.807) is 0 Å². The van der Waals surface area contributed by atoms with Gasteiger partial charge in [-0.2, -0.15) is 0 Å². The number of nitrogens with zero attached hydrogens (tertiary/aromatic N) is 4. The number of para-hydroxylation sites is 1. The van der Waals surface area contributed by atoms with Gasteiger partial charge < -0.3 is 0 Å². The zero-order valence-corrected chi connectivity index (χ0v) is 39.9. The monoisotopic (exact) mass is 918 g/mol. The molecule has 10 aromatic carbocycles. The molecule has 0 bridgehead atoms. The number of aromatic nitrogens is 3. The summed E-state index contributed by atoms with van der Waals surface area (Å²) in [4.78, 5) is 20.7. The predicted molar refractivity (Wildman–Crippen MR) is 295 cm³/mol. The predicted octanol–water partition coefficient (Wildman–Crippen LogP) is 16.6. The molecule has 0 saturated heterocycles. The fourth-order valence-corrected chi connectivity index (χ4v) is 11.8. The molecule has 1 heterocycles. The quantitative estimate of drug-likeness (QED) is 0.150. The third-order valence-corrected chi connectivity index (χ3v) is 15.3. The van der Waals surface area contributed by atoms with E-state index in [0.29, 0.717) is 17.5 Å². The van der Waals surface area contributed by atoms with Crippen molar-refractivity contribution >= 4 is 11.4 Å². The molecule has 4 heteroatoms. The van der Waals surface area contributed by atoms with Gasteiger partial charge in [0.1, 0.15) is 0 Å². The Bertz CT molecular complexity index is 3970. The lowest BCUT2D eigenvalue weighted by molar-refractivity contribution is 0.794. The number of hydrogen-bond acceptors (Lipinski definition) is 4. The minimum Gasteiger partial charge on any atom is -0.253 e. The van der Waals surface area contributed by atoms with Gasteiger partial charge in [-0.25, -0.2) is 15.0 Å². The summed E-state index contributed by atoms with van der Waals surface area (Å²) in [5.41, 5.74) is 26.5.